The Hall–Kier alpha value is -3.19. The smallest absolute Gasteiger partial charge is 0.262 e. The van der Waals surface area contributed by atoms with Crippen LogP contribution in [0.4, 0.5) is 5.82 Å². The van der Waals surface area contributed by atoms with E-state index in [9.17, 15) is 4.79 Å². The minimum absolute atomic E-state index is 0.302. The Morgan fingerprint density at radius 3 is 2.84 bits per heavy atom. The average Bonchev–Trinajstić information content (AvgIpc) is 3.19. The summed E-state index contributed by atoms with van der Waals surface area (Å²) in [5.74, 6) is 0.254. The van der Waals surface area contributed by atoms with Gasteiger partial charge in [-0.2, -0.15) is 10.2 Å². The molecule has 1 aromatic carbocycles. The summed E-state index contributed by atoms with van der Waals surface area (Å²) in [7, 11) is 0. The molecule has 0 radical (unpaired) electrons. The van der Waals surface area contributed by atoms with Crippen molar-refractivity contribution in [2.24, 2.45) is 0 Å². The maximum absolute atomic E-state index is 12.7. The molecule has 0 unspecified atom stereocenters. The third kappa shape index (κ3) is 2.85. The monoisotopic (exact) mass is 352 g/mol. The van der Waals surface area contributed by atoms with E-state index in [2.05, 4.69) is 20.5 Å². The fourth-order valence-corrected chi connectivity index (χ4v) is 2.66. The van der Waals surface area contributed by atoms with Crippen molar-refractivity contribution in [2.45, 2.75) is 6.92 Å². The molecule has 0 spiro atoms. The lowest BCUT2D eigenvalue weighted by molar-refractivity contribution is 0.102. The first-order valence-corrected chi connectivity index (χ1v) is 7.92. The molecule has 3 heterocycles. The lowest BCUT2D eigenvalue weighted by Crippen LogP contribution is -2.15. The van der Waals surface area contributed by atoms with Crippen LogP contribution in [0.25, 0.3) is 11.3 Å². The van der Waals surface area contributed by atoms with Gasteiger partial charge in [0.25, 0.3) is 5.91 Å². The number of benzene rings is 1. The summed E-state index contributed by atoms with van der Waals surface area (Å²) in [5, 5.41) is 12.1. The second kappa shape index (κ2) is 6.03. The molecule has 0 aliphatic carbocycles. The Morgan fingerprint density at radius 1 is 1.24 bits per heavy atom. The van der Waals surface area contributed by atoms with Crippen LogP contribution in [-0.4, -0.2) is 30.3 Å². The van der Waals surface area contributed by atoms with E-state index < -0.39 is 0 Å². The quantitative estimate of drug-likeness (QED) is 0.614. The number of carbonyl (C=O) groups is 1. The van der Waals surface area contributed by atoms with Crippen molar-refractivity contribution in [1.82, 2.24) is 24.4 Å². The van der Waals surface area contributed by atoms with Crippen LogP contribution in [0.15, 0.2) is 55.0 Å². The molecule has 25 heavy (non-hydrogen) atoms. The minimum atomic E-state index is -0.302. The number of hydrogen-bond donors (Lipinski definition) is 1. The third-order valence-electron chi connectivity index (χ3n) is 3.67. The summed E-state index contributed by atoms with van der Waals surface area (Å²) in [4.78, 5) is 16.9. The highest BCUT2D eigenvalue weighted by Crippen LogP contribution is 2.20. The Kier molecular flexibility index (Phi) is 3.70. The molecule has 124 valence electrons. The van der Waals surface area contributed by atoms with Gasteiger partial charge in [-0.25, -0.2) is 14.2 Å². The first-order chi connectivity index (χ1) is 12.1. The van der Waals surface area contributed by atoms with Crippen molar-refractivity contribution in [3.05, 3.63) is 71.3 Å². The van der Waals surface area contributed by atoms with E-state index in [-0.39, 0.29) is 5.91 Å². The first kappa shape index (κ1) is 15.3. The Bertz CT molecular complexity index is 1070. The largest absolute Gasteiger partial charge is 0.306 e. The third-order valence-corrected chi connectivity index (χ3v) is 3.92. The summed E-state index contributed by atoms with van der Waals surface area (Å²) in [6.45, 7) is 1.86. The minimum Gasteiger partial charge on any atom is -0.306 e. The van der Waals surface area contributed by atoms with Gasteiger partial charge >= 0.3 is 0 Å². The Balaban J connectivity index is 1.69. The average molecular weight is 353 g/mol. The van der Waals surface area contributed by atoms with Crippen molar-refractivity contribution in [2.75, 3.05) is 5.32 Å². The molecule has 3 aromatic heterocycles. The topological polar surface area (TPSA) is 77.1 Å². The van der Waals surface area contributed by atoms with E-state index in [4.69, 9.17) is 11.6 Å². The molecule has 0 bridgehead atoms. The van der Waals surface area contributed by atoms with E-state index >= 15 is 0 Å². The van der Waals surface area contributed by atoms with Crippen molar-refractivity contribution in [1.29, 1.82) is 0 Å². The molecule has 0 aliphatic rings. The van der Waals surface area contributed by atoms with Gasteiger partial charge in [-0.1, -0.05) is 11.6 Å². The normalized spacial score (nSPS) is 11.0. The van der Waals surface area contributed by atoms with Gasteiger partial charge in [0.15, 0.2) is 5.65 Å². The van der Waals surface area contributed by atoms with Crippen LogP contribution < -0.4 is 5.32 Å². The lowest BCUT2D eigenvalue weighted by Gasteiger charge is -2.08. The molecular formula is C17H13ClN6O. The number of aryl methyl sites for hydroxylation is 1. The molecule has 1 N–H and O–H groups in total. The van der Waals surface area contributed by atoms with E-state index in [0.717, 1.165) is 11.4 Å². The molecule has 0 saturated carbocycles. The van der Waals surface area contributed by atoms with Crippen LogP contribution in [0.2, 0.25) is 5.02 Å². The van der Waals surface area contributed by atoms with Crippen LogP contribution in [0.3, 0.4) is 0 Å². The van der Waals surface area contributed by atoms with Gasteiger partial charge in [0.2, 0.25) is 0 Å². The van der Waals surface area contributed by atoms with Gasteiger partial charge in [-0.05, 0) is 37.3 Å². The number of fused-ring (bicyclic) bond motifs is 1. The molecule has 0 fully saturated rings. The van der Waals surface area contributed by atoms with E-state index in [1.54, 1.807) is 45.9 Å². The number of carbonyl (C=O) groups excluding carboxylic acids is 1. The number of nitrogens with zero attached hydrogens (tertiary/aromatic N) is 5. The van der Waals surface area contributed by atoms with Gasteiger partial charge in [-0.15, -0.1) is 0 Å². The van der Waals surface area contributed by atoms with E-state index in [0.29, 0.717) is 22.1 Å². The van der Waals surface area contributed by atoms with Gasteiger partial charge in [0.1, 0.15) is 11.4 Å². The fraction of sp³-hybridized carbons (Fsp3) is 0.0588. The molecule has 4 aromatic rings. The predicted molar refractivity (Wildman–Crippen MR) is 94.3 cm³/mol. The van der Waals surface area contributed by atoms with Crippen molar-refractivity contribution in [3.63, 3.8) is 0 Å². The van der Waals surface area contributed by atoms with Crippen LogP contribution in [0.1, 0.15) is 16.1 Å². The number of hydrogen-bond acceptors (Lipinski definition) is 4. The number of amides is 1. The molecule has 4 rings (SSSR count). The van der Waals surface area contributed by atoms with Crippen LogP contribution in [0.5, 0.6) is 0 Å². The standard InChI is InChI=1S/C17H13ClN6O/c1-11-9-15(24(22-11)13-5-3-12(18)4-6-13)21-17(25)14-10-20-23-8-2-7-19-16(14)23/h2-10H,1H3,(H,21,25). The number of aromatic nitrogens is 5. The van der Waals surface area contributed by atoms with Crippen molar-refractivity contribution in [3.8, 4) is 5.69 Å². The Morgan fingerprint density at radius 2 is 2.04 bits per heavy atom. The lowest BCUT2D eigenvalue weighted by atomic mass is 10.3. The highest BCUT2D eigenvalue weighted by Gasteiger charge is 2.17. The second-order valence-corrected chi connectivity index (χ2v) is 5.90. The summed E-state index contributed by atoms with van der Waals surface area (Å²) in [6.07, 6.45) is 4.85. The van der Waals surface area contributed by atoms with E-state index in [1.165, 1.54) is 6.20 Å². The molecular weight excluding hydrogens is 340 g/mol. The zero-order valence-electron chi connectivity index (χ0n) is 13.2. The molecule has 0 saturated heterocycles. The maximum atomic E-state index is 12.7. The Labute approximate surface area is 147 Å². The van der Waals surface area contributed by atoms with Crippen LogP contribution in [0, 0.1) is 6.92 Å². The number of nitrogens with one attached hydrogen (secondary N) is 1. The maximum Gasteiger partial charge on any atom is 0.262 e. The van der Waals surface area contributed by atoms with Gasteiger partial charge < -0.3 is 5.32 Å². The van der Waals surface area contributed by atoms with Crippen LogP contribution >= 0.6 is 11.6 Å². The van der Waals surface area contributed by atoms with Gasteiger partial charge in [-0.3, -0.25) is 4.79 Å². The SMILES string of the molecule is Cc1cc(NC(=O)c2cnn3cccnc23)n(-c2ccc(Cl)cc2)n1. The van der Waals surface area contributed by atoms with E-state index in [1.807, 2.05) is 19.1 Å². The second-order valence-electron chi connectivity index (χ2n) is 5.46. The summed E-state index contributed by atoms with van der Waals surface area (Å²) in [5.41, 5.74) is 2.46. The molecule has 0 atom stereocenters. The summed E-state index contributed by atoms with van der Waals surface area (Å²) >= 11 is 5.94. The van der Waals surface area contributed by atoms with Crippen LogP contribution in [-0.2, 0) is 0 Å². The van der Waals surface area contributed by atoms with Crippen molar-refractivity contribution >= 4 is 29.0 Å². The molecule has 8 heteroatoms. The first-order valence-electron chi connectivity index (χ1n) is 7.54. The highest BCUT2D eigenvalue weighted by molar-refractivity contribution is 6.30. The molecule has 1 amide bonds. The predicted octanol–water partition coefficient (Wildman–Crippen LogP) is 3.13. The number of anilines is 1. The summed E-state index contributed by atoms with van der Waals surface area (Å²) in [6, 6.07) is 10.8. The zero-order chi connectivity index (χ0) is 17.4. The fourth-order valence-electron chi connectivity index (χ4n) is 2.54. The number of halogens is 1. The van der Waals surface area contributed by atoms with Gasteiger partial charge in [0.05, 0.1) is 17.6 Å². The molecule has 7 nitrogen and oxygen atoms in total. The zero-order valence-corrected chi connectivity index (χ0v) is 14.0. The highest BCUT2D eigenvalue weighted by atomic mass is 35.5. The summed E-state index contributed by atoms with van der Waals surface area (Å²) < 4.78 is 3.21. The van der Waals surface area contributed by atoms with Crippen molar-refractivity contribution < 1.29 is 4.79 Å². The number of rotatable bonds is 3. The van der Waals surface area contributed by atoms with Gasteiger partial charge in [0, 0.05) is 23.5 Å². The molecule has 0 aliphatic heterocycles.